The molecule has 0 aliphatic rings. The first-order valence-corrected chi connectivity index (χ1v) is 6.24. The number of rotatable bonds is 3. The number of esters is 1. The minimum Gasteiger partial charge on any atom is -0.502 e. The number of pyridine rings is 1. The van der Waals surface area contributed by atoms with E-state index < -0.39 is 41.0 Å². The minimum atomic E-state index is -5.30. The molecule has 11 heteroatoms. The number of ether oxygens (including phenoxy) is 1. The van der Waals surface area contributed by atoms with Gasteiger partial charge < -0.3 is 21.3 Å². The Bertz CT molecular complexity index is 794. The van der Waals surface area contributed by atoms with Crippen LogP contribution in [0.1, 0.15) is 0 Å². The molecule has 0 amide bonds. The Morgan fingerprint density at radius 2 is 1.75 bits per heavy atom. The maximum atomic E-state index is 12.4. The Morgan fingerprint density at radius 3 is 2.33 bits per heavy atom. The van der Waals surface area contributed by atoms with Crippen molar-refractivity contribution in [3.8, 4) is 11.5 Å². The Balaban J connectivity index is 2.48. The second kappa shape index (κ2) is 6.40. The average Bonchev–Trinajstić information content (AvgIpc) is 2.51. The zero-order valence-electron chi connectivity index (χ0n) is 11.8. The Kier molecular flexibility index (Phi) is 4.53. The van der Waals surface area contributed by atoms with E-state index in [1.807, 2.05) is 0 Å². The highest BCUT2D eigenvalue weighted by Gasteiger charge is 2.42. The number of aromatic hydroxyl groups is 1. The first-order chi connectivity index (χ1) is 11.2. The number of halogens is 3. The van der Waals surface area contributed by atoms with Gasteiger partial charge in [0.2, 0.25) is 11.5 Å². The number of carbonyl (C=O) groups is 1. The molecule has 5 N–H and O–H groups in total. The van der Waals surface area contributed by atoms with Crippen molar-refractivity contribution in [2.75, 3.05) is 11.5 Å². The van der Waals surface area contributed by atoms with Crippen LogP contribution in [-0.2, 0) is 4.79 Å². The van der Waals surface area contributed by atoms with E-state index in [2.05, 4.69) is 19.9 Å². The molecule has 0 unspecified atom stereocenters. The van der Waals surface area contributed by atoms with E-state index in [9.17, 15) is 23.1 Å². The Labute approximate surface area is 132 Å². The number of nitrogens with zero attached hydrogens (tertiary/aromatic N) is 3. The number of benzene rings is 1. The number of nitrogens with two attached hydrogens (primary N) is 2. The van der Waals surface area contributed by atoms with Crippen LogP contribution < -0.4 is 16.2 Å². The van der Waals surface area contributed by atoms with Crippen molar-refractivity contribution in [3.63, 3.8) is 0 Å². The molecule has 24 heavy (non-hydrogen) atoms. The summed E-state index contributed by atoms with van der Waals surface area (Å²) in [5, 5.41) is 17.0. The van der Waals surface area contributed by atoms with Crippen LogP contribution in [0.25, 0.3) is 0 Å². The molecule has 0 saturated heterocycles. The van der Waals surface area contributed by atoms with Crippen molar-refractivity contribution in [1.82, 2.24) is 4.98 Å². The summed E-state index contributed by atoms with van der Waals surface area (Å²) >= 11 is 0. The zero-order chi connectivity index (χ0) is 17.9. The molecular weight excluding hydrogens is 331 g/mol. The van der Waals surface area contributed by atoms with Gasteiger partial charge in [-0.15, -0.1) is 5.11 Å². The molecule has 2 rings (SSSR count). The molecule has 126 valence electrons. The van der Waals surface area contributed by atoms with Gasteiger partial charge in [0.05, 0.1) is 5.69 Å². The number of aromatic nitrogens is 1. The van der Waals surface area contributed by atoms with Crippen molar-refractivity contribution >= 4 is 29.0 Å². The third kappa shape index (κ3) is 3.69. The summed E-state index contributed by atoms with van der Waals surface area (Å²) in [6.45, 7) is 0. The molecule has 0 atom stereocenters. The molecule has 0 aliphatic heterocycles. The number of carbonyl (C=O) groups excluding carboxylic acids is 1. The van der Waals surface area contributed by atoms with Crippen molar-refractivity contribution in [1.29, 1.82) is 0 Å². The Morgan fingerprint density at radius 1 is 1.12 bits per heavy atom. The van der Waals surface area contributed by atoms with Gasteiger partial charge in [0, 0.05) is 0 Å². The predicted molar refractivity (Wildman–Crippen MR) is 77.0 cm³/mol. The summed E-state index contributed by atoms with van der Waals surface area (Å²) in [7, 11) is 0. The Hall–Kier alpha value is -3.37. The third-order valence-corrected chi connectivity index (χ3v) is 2.60. The van der Waals surface area contributed by atoms with Gasteiger partial charge in [0.15, 0.2) is 17.3 Å². The van der Waals surface area contributed by atoms with E-state index in [4.69, 9.17) is 11.5 Å². The van der Waals surface area contributed by atoms with Gasteiger partial charge in [-0.1, -0.05) is 18.2 Å². The topological polar surface area (TPSA) is 136 Å². The average molecular weight is 341 g/mol. The van der Waals surface area contributed by atoms with E-state index in [1.54, 1.807) is 30.3 Å². The number of hydrogen-bond donors (Lipinski definition) is 3. The molecule has 1 aromatic heterocycles. The fraction of sp³-hybridized carbons (Fsp3) is 0.0769. The number of anilines is 2. The molecule has 0 radical (unpaired) electrons. The minimum absolute atomic E-state index is 0.335. The summed E-state index contributed by atoms with van der Waals surface area (Å²) in [4.78, 5) is 14.5. The quantitative estimate of drug-likeness (QED) is 0.580. The molecule has 0 spiro atoms. The summed E-state index contributed by atoms with van der Waals surface area (Å²) in [6, 6.07) is 8.08. The monoisotopic (exact) mass is 341 g/mol. The summed E-state index contributed by atoms with van der Waals surface area (Å²) < 4.78 is 41.2. The first-order valence-electron chi connectivity index (χ1n) is 6.24. The molecule has 8 nitrogen and oxygen atoms in total. The van der Waals surface area contributed by atoms with Gasteiger partial charge in [0.25, 0.3) is 0 Å². The zero-order valence-corrected chi connectivity index (χ0v) is 11.8. The molecule has 0 aliphatic carbocycles. The molecule has 1 aromatic carbocycles. The van der Waals surface area contributed by atoms with Crippen LogP contribution in [-0.4, -0.2) is 22.2 Å². The first kappa shape index (κ1) is 17.0. The van der Waals surface area contributed by atoms with Crippen LogP contribution in [0.3, 0.4) is 0 Å². The largest absolute Gasteiger partial charge is 0.502 e. The molecule has 2 aromatic rings. The number of hydrogen-bond acceptors (Lipinski definition) is 8. The molecule has 0 saturated carbocycles. The number of azo groups is 1. The lowest BCUT2D eigenvalue weighted by atomic mass is 10.3. The maximum absolute atomic E-state index is 12.4. The van der Waals surface area contributed by atoms with Crippen molar-refractivity contribution in [3.05, 3.63) is 30.3 Å². The summed E-state index contributed by atoms with van der Waals surface area (Å²) in [6.07, 6.45) is -5.30. The molecule has 0 bridgehead atoms. The van der Waals surface area contributed by atoms with Gasteiger partial charge in [0.1, 0.15) is 0 Å². The second-order valence-electron chi connectivity index (χ2n) is 4.33. The van der Waals surface area contributed by atoms with E-state index in [0.717, 1.165) is 0 Å². The van der Waals surface area contributed by atoms with Crippen LogP contribution >= 0.6 is 0 Å². The van der Waals surface area contributed by atoms with Crippen LogP contribution in [0.4, 0.5) is 36.2 Å². The van der Waals surface area contributed by atoms with E-state index >= 15 is 0 Å². The van der Waals surface area contributed by atoms with E-state index in [1.165, 1.54) is 0 Å². The maximum Gasteiger partial charge on any atom is 0.491 e. The SMILES string of the molecule is Nc1nc(N)c(N=Nc2ccccc2)c(OC(=O)C(F)(F)F)c1O. The summed E-state index contributed by atoms with van der Waals surface area (Å²) in [5.74, 6) is -5.68. The lowest BCUT2D eigenvalue weighted by molar-refractivity contribution is -0.189. The molecular formula is C13H10F3N5O3. The highest BCUT2D eigenvalue weighted by atomic mass is 19.4. The van der Waals surface area contributed by atoms with Crippen LogP contribution in [0.5, 0.6) is 11.5 Å². The smallest absolute Gasteiger partial charge is 0.491 e. The van der Waals surface area contributed by atoms with Gasteiger partial charge >= 0.3 is 12.1 Å². The van der Waals surface area contributed by atoms with Crippen molar-refractivity contribution < 1.29 is 27.8 Å². The standard InChI is InChI=1S/C13H10F3N5O3/c14-13(15,16)12(23)24-9-7(10(17)19-11(18)8(9)22)21-20-6-4-2-1-3-5-6/h1-5,22H,(H4,17,18,19). The van der Waals surface area contributed by atoms with Gasteiger partial charge in [-0.3, -0.25) is 0 Å². The third-order valence-electron chi connectivity index (χ3n) is 2.60. The molecule has 1 heterocycles. The normalized spacial score (nSPS) is 11.6. The van der Waals surface area contributed by atoms with Gasteiger partial charge in [-0.2, -0.15) is 18.3 Å². The lowest BCUT2D eigenvalue weighted by Crippen LogP contribution is -2.28. The number of nitrogen functional groups attached to an aromatic ring is 2. The van der Waals surface area contributed by atoms with Crippen molar-refractivity contribution in [2.45, 2.75) is 6.18 Å². The van der Waals surface area contributed by atoms with E-state index in [-0.39, 0.29) is 0 Å². The van der Waals surface area contributed by atoms with E-state index in [0.29, 0.717) is 5.69 Å². The highest BCUT2D eigenvalue weighted by molar-refractivity contribution is 5.84. The van der Waals surface area contributed by atoms with Gasteiger partial charge in [-0.25, -0.2) is 9.78 Å². The highest BCUT2D eigenvalue weighted by Crippen LogP contribution is 2.44. The number of alkyl halides is 3. The fourth-order valence-corrected chi connectivity index (χ4v) is 1.53. The van der Waals surface area contributed by atoms with Crippen molar-refractivity contribution in [2.24, 2.45) is 10.2 Å². The van der Waals surface area contributed by atoms with Crippen LogP contribution in [0.2, 0.25) is 0 Å². The van der Waals surface area contributed by atoms with Crippen LogP contribution in [0.15, 0.2) is 40.6 Å². The summed E-state index contributed by atoms with van der Waals surface area (Å²) in [5.41, 5.74) is 10.6. The fourth-order valence-electron chi connectivity index (χ4n) is 1.53. The van der Waals surface area contributed by atoms with Crippen LogP contribution in [0, 0.1) is 0 Å². The second-order valence-corrected chi connectivity index (χ2v) is 4.33. The predicted octanol–water partition coefficient (Wildman–Crippen LogP) is 2.83. The molecule has 0 fully saturated rings. The van der Waals surface area contributed by atoms with Gasteiger partial charge in [-0.05, 0) is 12.1 Å². The lowest BCUT2D eigenvalue weighted by Gasteiger charge is -2.12.